The number of carbonyl (C=O) groups excluding carboxylic acids is 1. The number of piperidine rings is 1. The number of likely N-dealkylation sites (tertiary alicyclic amines) is 1. The number of carbonyl (C=O) groups is 1. The summed E-state index contributed by atoms with van der Waals surface area (Å²) < 4.78 is 19.7. The van der Waals surface area contributed by atoms with Gasteiger partial charge in [0, 0.05) is 18.3 Å². The van der Waals surface area contributed by atoms with Gasteiger partial charge in [-0.2, -0.15) is 0 Å². The number of aliphatic hydroxyl groups is 1. The number of hydrogen-bond donors (Lipinski definition) is 2. The van der Waals surface area contributed by atoms with Crippen LogP contribution in [-0.4, -0.2) is 41.3 Å². The van der Waals surface area contributed by atoms with Gasteiger partial charge in [0.15, 0.2) is 11.6 Å². The fourth-order valence-electron chi connectivity index (χ4n) is 3.32. The van der Waals surface area contributed by atoms with Crippen LogP contribution in [0.4, 0.5) is 14.9 Å². The third-order valence-corrected chi connectivity index (χ3v) is 5.09. The molecule has 1 aromatic rings. The summed E-state index contributed by atoms with van der Waals surface area (Å²) in [6.07, 6.45) is 5.08. The van der Waals surface area contributed by atoms with E-state index in [0.29, 0.717) is 12.2 Å². The largest absolute Gasteiger partial charge is 0.487 e. The summed E-state index contributed by atoms with van der Waals surface area (Å²) in [5.41, 5.74) is 0.397. The van der Waals surface area contributed by atoms with Crippen LogP contribution in [0.2, 0.25) is 0 Å². The van der Waals surface area contributed by atoms with Crippen molar-refractivity contribution in [1.82, 2.24) is 4.90 Å². The molecular weight excluding hydrogens is 311 g/mol. The minimum absolute atomic E-state index is 0.0584. The average molecular weight is 336 g/mol. The molecule has 0 spiro atoms. The van der Waals surface area contributed by atoms with E-state index in [1.807, 2.05) is 6.92 Å². The smallest absolute Gasteiger partial charge is 0.322 e. The van der Waals surface area contributed by atoms with Gasteiger partial charge in [-0.05, 0) is 50.2 Å². The number of nitrogens with zero attached hydrogens (tertiary/aromatic N) is 1. The van der Waals surface area contributed by atoms with Gasteiger partial charge in [0.1, 0.15) is 0 Å². The van der Waals surface area contributed by atoms with Crippen molar-refractivity contribution in [2.24, 2.45) is 5.92 Å². The van der Waals surface area contributed by atoms with E-state index in [1.54, 1.807) is 17.0 Å². The van der Waals surface area contributed by atoms with E-state index in [1.165, 1.54) is 6.07 Å². The van der Waals surface area contributed by atoms with Gasteiger partial charge < -0.3 is 20.1 Å². The molecule has 24 heavy (non-hydrogen) atoms. The van der Waals surface area contributed by atoms with Crippen molar-refractivity contribution in [3.05, 3.63) is 24.0 Å². The lowest BCUT2D eigenvalue weighted by Crippen LogP contribution is -2.51. The predicted molar refractivity (Wildman–Crippen MR) is 89.7 cm³/mol. The number of ether oxygens (including phenoxy) is 1. The first kappa shape index (κ1) is 17.0. The average Bonchev–Trinajstić information content (AvgIpc) is 2.52. The molecule has 3 rings (SSSR count). The Labute approximate surface area is 141 Å². The van der Waals surface area contributed by atoms with Crippen LogP contribution in [-0.2, 0) is 0 Å². The predicted octanol–water partition coefficient (Wildman–Crippen LogP) is 3.38. The van der Waals surface area contributed by atoms with Crippen molar-refractivity contribution in [3.63, 3.8) is 0 Å². The normalized spacial score (nSPS) is 24.4. The third kappa shape index (κ3) is 3.64. The SMILES string of the molecule is CC1CCCN(C(=O)Nc2ccc(OC3CCC3)c(F)c2)C1CO. The number of nitrogens with one attached hydrogen (secondary N) is 1. The number of hydrogen-bond acceptors (Lipinski definition) is 3. The second-order valence-corrected chi connectivity index (χ2v) is 6.81. The second-order valence-electron chi connectivity index (χ2n) is 6.81. The molecule has 1 saturated heterocycles. The first-order chi connectivity index (χ1) is 11.6. The number of urea groups is 1. The summed E-state index contributed by atoms with van der Waals surface area (Å²) >= 11 is 0. The number of benzene rings is 1. The van der Waals surface area contributed by atoms with Crippen molar-refractivity contribution in [3.8, 4) is 5.75 Å². The van der Waals surface area contributed by atoms with E-state index in [0.717, 1.165) is 32.1 Å². The summed E-state index contributed by atoms with van der Waals surface area (Å²) in [5, 5.41) is 12.3. The Bertz CT molecular complexity index is 592. The van der Waals surface area contributed by atoms with E-state index in [2.05, 4.69) is 5.32 Å². The van der Waals surface area contributed by atoms with E-state index in [9.17, 15) is 14.3 Å². The molecule has 2 N–H and O–H groups in total. The standard InChI is InChI=1S/C18H25FN2O3/c1-12-4-3-9-21(16(12)11-22)18(23)20-13-7-8-17(15(19)10-13)24-14-5-2-6-14/h7-8,10,12,14,16,22H,2-6,9,11H2,1H3,(H,20,23). The fourth-order valence-corrected chi connectivity index (χ4v) is 3.32. The minimum atomic E-state index is -0.467. The fraction of sp³-hybridized carbons (Fsp3) is 0.611. The van der Waals surface area contributed by atoms with E-state index in [4.69, 9.17) is 4.74 Å². The molecule has 2 fully saturated rings. The molecule has 2 amide bonds. The van der Waals surface area contributed by atoms with Crippen molar-refractivity contribution in [1.29, 1.82) is 0 Å². The second kappa shape index (κ2) is 7.38. The molecule has 132 valence electrons. The van der Waals surface area contributed by atoms with Crippen LogP contribution in [0.25, 0.3) is 0 Å². The van der Waals surface area contributed by atoms with Gasteiger partial charge in [-0.3, -0.25) is 0 Å². The Hall–Kier alpha value is -1.82. The van der Waals surface area contributed by atoms with Gasteiger partial charge in [0.2, 0.25) is 0 Å². The highest BCUT2D eigenvalue weighted by atomic mass is 19.1. The van der Waals surface area contributed by atoms with E-state index < -0.39 is 5.82 Å². The Morgan fingerprint density at radius 3 is 2.79 bits per heavy atom. The number of rotatable bonds is 4. The highest BCUT2D eigenvalue weighted by Gasteiger charge is 2.31. The molecule has 1 aromatic carbocycles. The number of anilines is 1. The quantitative estimate of drug-likeness (QED) is 0.886. The van der Waals surface area contributed by atoms with Gasteiger partial charge in [0.05, 0.1) is 18.8 Å². The first-order valence-electron chi connectivity index (χ1n) is 8.73. The van der Waals surface area contributed by atoms with Crippen LogP contribution in [0, 0.1) is 11.7 Å². The zero-order valence-corrected chi connectivity index (χ0v) is 14.0. The lowest BCUT2D eigenvalue weighted by Gasteiger charge is -2.38. The lowest BCUT2D eigenvalue weighted by atomic mass is 9.91. The summed E-state index contributed by atoms with van der Waals surface area (Å²) in [4.78, 5) is 14.1. The van der Waals surface area contributed by atoms with Crippen molar-refractivity contribution >= 4 is 11.7 Å². The monoisotopic (exact) mass is 336 g/mol. The van der Waals surface area contributed by atoms with Gasteiger partial charge in [0.25, 0.3) is 0 Å². The lowest BCUT2D eigenvalue weighted by molar-refractivity contribution is 0.0811. The molecule has 1 aliphatic heterocycles. The maximum Gasteiger partial charge on any atom is 0.322 e. The molecule has 1 heterocycles. The zero-order chi connectivity index (χ0) is 17.1. The molecule has 2 unspecified atom stereocenters. The van der Waals surface area contributed by atoms with Crippen LogP contribution >= 0.6 is 0 Å². The molecule has 2 atom stereocenters. The molecule has 6 heteroatoms. The maximum atomic E-state index is 14.1. The highest BCUT2D eigenvalue weighted by molar-refractivity contribution is 5.89. The molecule has 0 bridgehead atoms. The van der Waals surface area contributed by atoms with Crippen LogP contribution in [0.5, 0.6) is 5.75 Å². The van der Waals surface area contributed by atoms with Gasteiger partial charge in [-0.1, -0.05) is 6.92 Å². The zero-order valence-electron chi connectivity index (χ0n) is 14.0. The van der Waals surface area contributed by atoms with Crippen LogP contribution < -0.4 is 10.1 Å². The molecule has 1 aliphatic carbocycles. The van der Waals surface area contributed by atoms with E-state index >= 15 is 0 Å². The molecule has 0 aromatic heterocycles. The van der Waals surface area contributed by atoms with Crippen molar-refractivity contribution in [2.75, 3.05) is 18.5 Å². The van der Waals surface area contributed by atoms with Crippen LogP contribution in [0.1, 0.15) is 39.0 Å². The summed E-state index contributed by atoms with van der Waals surface area (Å²) in [5.74, 6) is 0.0208. The number of aliphatic hydroxyl groups excluding tert-OH is 1. The topological polar surface area (TPSA) is 61.8 Å². The Kier molecular flexibility index (Phi) is 5.23. The van der Waals surface area contributed by atoms with Gasteiger partial charge in [-0.15, -0.1) is 0 Å². The Morgan fingerprint density at radius 1 is 1.38 bits per heavy atom. The first-order valence-corrected chi connectivity index (χ1v) is 8.73. The molecule has 1 saturated carbocycles. The molecule has 2 aliphatic rings. The summed E-state index contributed by atoms with van der Waals surface area (Å²) in [7, 11) is 0. The molecule has 5 nitrogen and oxygen atoms in total. The highest BCUT2D eigenvalue weighted by Crippen LogP contribution is 2.29. The number of amides is 2. The van der Waals surface area contributed by atoms with Crippen LogP contribution in [0.3, 0.4) is 0 Å². The van der Waals surface area contributed by atoms with Crippen LogP contribution in [0.15, 0.2) is 18.2 Å². The van der Waals surface area contributed by atoms with Crippen molar-refractivity contribution < 1.29 is 19.0 Å². The Morgan fingerprint density at radius 2 is 2.17 bits per heavy atom. The van der Waals surface area contributed by atoms with E-state index in [-0.39, 0.29) is 36.5 Å². The minimum Gasteiger partial charge on any atom is -0.487 e. The molecule has 0 radical (unpaired) electrons. The third-order valence-electron chi connectivity index (χ3n) is 5.09. The Balaban J connectivity index is 1.64. The molecular formula is C18H25FN2O3. The van der Waals surface area contributed by atoms with Gasteiger partial charge in [-0.25, -0.2) is 9.18 Å². The summed E-state index contributed by atoms with van der Waals surface area (Å²) in [6.45, 7) is 2.58. The summed E-state index contributed by atoms with van der Waals surface area (Å²) in [6, 6.07) is 4.01. The van der Waals surface area contributed by atoms with Gasteiger partial charge >= 0.3 is 6.03 Å². The maximum absolute atomic E-state index is 14.1. The number of halogens is 1. The van der Waals surface area contributed by atoms with Crippen molar-refractivity contribution in [2.45, 2.75) is 51.2 Å².